The molecule has 0 saturated carbocycles. The Kier molecular flexibility index (Phi) is 8.38. The summed E-state index contributed by atoms with van der Waals surface area (Å²) in [6.07, 6.45) is 1.50. The smallest absolute Gasteiger partial charge is 0.344 e. The van der Waals surface area contributed by atoms with Crippen LogP contribution in [-0.2, 0) is 14.3 Å². The van der Waals surface area contributed by atoms with E-state index >= 15 is 0 Å². The van der Waals surface area contributed by atoms with Gasteiger partial charge in [-0.3, -0.25) is 4.79 Å². The van der Waals surface area contributed by atoms with Crippen LogP contribution >= 0.6 is 22.6 Å². The molecule has 1 rings (SSSR count). The third-order valence-corrected chi connectivity index (χ3v) is 3.21. The zero-order valence-electron chi connectivity index (χ0n) is 13.2. The van der Waals surface area contributed by atoms with Crippen molar-refractivity contribution < 1.29 is 23.8 Å². The molecule has 0 heterocycles. The Balaban J connectivity index is 2.94. The Morgan fingerprint density at radius 3 is 2.61 bits per heavy atom. The van der Waals surface area contributed by atoms with E-state index < -0.39 is 5.97 Å². The Hall–Kier alpha value is -1.84. The topological polar surface area (TPSA) is 86.2 Å². The van der Waals surface area contributed by atoms with E-state index in [1.807, 2.05) is 6.92 Å². The fourth-order valence-corrected chi connectivity index (χ4v) is 2.38. The second-order valence-corrected chi connectivity index (χ2v) is 5.45. The van der Waals surface area contributed by atoms with E-state index in [0.717, 1.165) is 9.13 Å². The van der Waals surface area contributed by atoms with Gasteiger partial charge in [0.05, 0.1) is 23.0 Å². The first-order chi connectivity index (χ1) is 11.0. The molecule has 0 atom stereocenters. The largest absolute Gasteiger partial charge is 0.490 e. The van der Waals surface area contributed by atoms with Crippen LogP contribution in [0.2, 0.25) is 0 Å². The van der Waals surface area contributed by atoms with Crippen LogP contribution in [0.5, 0.6) is 11.5 Å². The van der Waals surface area contributed by atoms with Gasteiger partial charge < -0.3 is 14.2 Å². The van der Waals surface area contributed by atoms with Crippen LogP contribution in [0.1, 0.15) is 26.3 Å². The lowest BCUT2D eigenvalue weighted by molar-refractivity contribution is -0.145. The summed E-state index contributed by atoms with van der Waals surface area (Å²) in [6.45, 7) is 5.51. The van der Waals surface area contributed by atoms with Crippen LogP contribution < -0.4 is 14.9 Å². The van der Waals surface area contributed by atoms with Crippen LogP contribution in [0.3, 0.4) is 0 Å². The highest BCUT2D eigenvalue weighted by molar-refractivity contribution is 14.1. The molecule has 1 N–H and O–H groups in total. The van der Waals surface area contributed by atoms with Gasteiger partial charge in [-0.25, -0.2) is 10.2 Å². The molecule has 0 spiro atoms. The molecule has 8 heteroatoms. The maximum atomic E-state index is 11.4. The minimum absolute atomic E-state index is 0.191. The number of carbonyl (C=O) groups is 2. The van der Waals surface area contributed by atoms with Gasteiger partial charge in [0.2, 0.25) is 5.91 Å². The summed E-state index contributed by atoms with van der Waals surface area (Å²) in [5.74, 6) is 0.266. The lowest BCUT2D eigenvalue weighted by Gasteiger charge is -2.14. The maximum Gasteiger partial charge on any atom is 0.344 e. The molecule has 0 bridgehead atoms. The van der Waals surface area contributed by atoms with E-state index in [9.17, 15) is 9.59 Å². The van der Waals surface area contributed by atoms with Crippen LogP contribution in [-0.4, -0.2) is 37.9 Å². The van der Waals surface area contributed by atoms with E-state index in [2.05, 4.69) is 33.1 Å². The number of ether oxygens (including phenoxy) is 3. The van der Waals surface area contributed by atoms with Crippen molar-refractivity contribution in [2.24, 2.45) is 5.10 Å². The van der Waals surface area contributed by atoms with Gasteiger partial charge in [-0.2, -0.15) is 5.10 Å². The minimum atomic E-state index is -0.443. The summed E-state index contributed by atoms with van der Waals surface area (Å²) in [7, 11) is 0. The number of rotatable bonds is 8. The predicted octanol–water partition coefficient (Wildman–Crippen LogP) is 2.10. The number of hydrogen-bond acceptors (Lipinski definition) is 6. The molecule has 1 amide bonds. The third-order valence-electron chi connectivity index (χ3n) is 2.41. The van der Waals surface area contributed by atoms with Crippen LogP contribution in [0.4, 0.5) is 0 Å². The Labute approximate surface area is 148 Å². The molecule has 0 aliphatic carbocycles. The third kappa shape index (κ3) is 6.85. The van der Waals surface area contributed by atoms with Crippen LogP contribution in [0, 0.1) is 3.57 Å². The highest BCUT2D eigenvalue weighted by Gasteiger charge is 2.14. The predicted molar refractivity (Wildman–Crippen MR) is 93.9 cm³/mol. The van der Waals surface area contributed by atoms with Gasteiger partial charge in [-0.1, -0.05) is 0 Å². The van der Waals surface area contributed by atoms with E-state index in [4.69, 9.17) is 14.2 Å². The molecule has 23 heavy (non-hydrogen) atoms. The molecule has 0 aromatic heterocycles. The average molecular weight is 434 g/mol. The molecule has 0 fully saturated rings. The number of nitrogens with one attached hydrogen (secondary N) is 1. The van der Waals surface area contributed by atoms with E-state index in [1.54, 1.807) is 19.1 Å². The summed E-state index contributed by atoms with van der Waals surface area (Å²) in [5, 5.41) is 3.81. The van der Waals surface area contributed by atoms with Gasteiger partial charge in [0.1, 0.15) is 0 Å². The van der Waals surface area contributed by atoms with Crippen LogP contribution in [0.15, 0.2) is 17.2 Å². The molecule has 0 aliphatic rings. The monoisotopic (exact) mass is 434 g/mol. The molecule has 0 saturated heterocycles. The number of esters is 1. The fraction of sp³-hybridized carbons (Fsp3) is 0.400. The number of hydrogen-bond donors (Lipinski definition) is 1. The van der Waals surface area contributed by atoms with Gasteiger partial charge >= 0.3 is 5.97 Å². The first-order valence-corrected chi connectivity index (χ1v) is 8.10. The highest BCUT2D eigenvalue weighted by Crippen LogP contribution is 2.33. The van der Waals surface area contributed by atoms with Crippen molar-refractivity contribution in [1.29, 1.82) is 0 Å². The lowest BCUT2D eigenvalue weighted by atomic mass is 10.2. The standard InChI is InChI=1S/C15H19IN2O5/c1-4-21-13-7-11(8-17-18-10(3)19)6-12(16)15(13)23-9-14(20)22-5-2/h6-8H,4-5,9H2,1-3H3,(H,18,19)/b17-8-. The van der Waals surface area contributed by atoms with E-state index in [-0.39, 0.29) is 12.5 Å². The van der Waals surface area contributed by atoms with Crippen molar-refractivity contribution in [1.82, 2.24) is 5.43 Å². The Bertz CT molecular complexity index is 589. The number of hydrazone groups is 1. The summed E-state index contributed by atoms with van der Waals surface area (Å²) in [6, 6.07) is 3.52. The minimum Gasteiger partial charge on any atom is -0.490 e. The van der Waals surface area contributed by atoms with Gasteiger partial charge in [0.15, 0.2) is 18.1 Å². The molecule has 0 aliphatic heterocycles. The zero-order chi connectivity index (χ0) is 17.2. The number of carbonyl (C=O) groups excluding carboxylic acids is 2. The molecule has 1 aromatic carbocycles. The van der Waals surface area contributed by atoms with Crippen molar-refractivity contribution in [3.8, 4) is 11.5 Å². The molecular weight excluding hydrogens is 415 g/mol. The van der Waals surface area contributed by atoms with Gasteiger partial charge in [-0.05, 0) is 54.1 Å². The van der Waals surface area contributed by atoms with Crippen molar-refractivity contribution in [2.75, 3.05) is 19.8 Å². The molecule has 126 valence electrons. The van der Waals surface area contributed by atoms with Crippen molar-refractivity contribution in [3.05, 3.63) is 21.3 Å². The average Bonchev–Trinajstić information content (AvgIpc) is 2.46. The van der Waals surface area contributed by atoms with Crippen LogP contribution in [0.25, 0.3) is 0 Å². The summed E-state index contributed by atoms with van der Waals surface area (Å²) < 4.78 is 16.6. The Morgan fingerprint density at radius 1 is 1.26 bits per heavy atom. The number of nitrogens with zero attached hydrogens (tertiary/aromatic N) is 1. The molecule has 0 radical (unpaired) electrons. The molecule has 0 unspecified atom stereocenters. The Morgan fingerprint density at radius 2 is 2.00 bits per heavy atom. The maximum absolute atomic E-state index is 11.4. The van der Waals surface area contributed by atoms with E-state index in [0.29, 0.717) is 24.7 Å². The number of benzene rings is 1. The lowest BCUT2D eigenvalue weighted by Crippen LogP contribution is -2.15. The molecular formula is C15H19IN2O5. The summed E-state index contributed by atoms with van der Waals surface area (Å²) in [4.78, 5) is 22.2. The van der Waals surface area contributed by atoms with Gasteiger partial charge in [0, 0.05) is 6.92 Å². The zero-order valence-corrected chi connectivity index (χ0v) is 15.4. The molecule has 1 aromatic rings. The van der Waals surface area contributed by atoms with Crippen molar-refractivity contribution in [3.63, 3.8) is 0 Å². The molecule has 7 nitrogen and oxygen atoms in total. The number of halogens is 1. The van der Waals surface area contributed by atoms with Crippen molar-refractivity contribution >= 4 is 40.7 Å². The van der Waals surface area contributed by atoms with Gasteiger partial charge in [-0.15, -0.1) is 0 Å². The quantitative estimate of drug-likeness (QED) is 0.293. The highest BCUT2D eigenvalue weighted by atomic mass is 127. The summed E-state index contributed by atoms with van der Waals surface area (Å²) in [5.41, 5.74) is 3.06. The second kappa shape index (κ2) is 10.0. The fourth-order valence-electron chi connectivity index (χ4n) is 1.60. The normalized spacial score (nSPS) is 10.4. The summed E-state index contributed by atoms with van der Waals surface area (Å²) >= 11 is 2.08. The SMILES string of the molecule is CCOC(=O)COc1c(I)cc(/C=N\NC(C)=O)cc1OCC. The first-order valence-electron chi connectivity index (χ1n) is 7.02. The van der Waals surface area contributed by atoms with Gasteiger partial charge in [0.25, 0.3) is 0 Å². The van der Waals surface area contributed by atoms with Crippen molar-refractivity contribution in [2.45, 2.75) is 20.8 Å². The second-order valence-electron chi connectivity index (χ2n) is 4.28. The first kappa shape index (κ1) is 19.2. The van der Waals surface area contributed by atoms with E-state index in [1.165, 1.54) is 13.1 Å². The number of amides is 1.